The van der Waals surface area contributed by atoms with Crippen molar-refractivity contribution in [1.29, 1.82) is 0 Å². The van der Waals surface area contributed by atoms with Crippen LogP contribution < -0.4 is 0 Å². The lowest BCUT2D eigenvalue weighted by Crippen LogP contribution is -2.11. The highest BCUT2D eigenvalue weighted by molar-refractivity contribution is 9.09. The Morgan fingerprint density at radius 1 is 1.30 bits per heavy atom. The van der Waals surface area contributed by atoms with Crippen LogP contribution in [0.4, 0.5) is 0 Å². The molecular formula is C17H21BrN2. The minimum Gasteiger partial charge on any atom is -0.270 e. The van der Waals surface area contributed by atoms with Gasteiger partial charge in [0.15, 0.2) is 0 Å². The van der Waals surface area contributed by atoms with Crippen LogP contribution in [0.15, 0.2) is 30.3 Å². The molecule has 0 aliphatic heterocycles. The average Bonchev–Trinajstić information content (AvgIpc) is 3.01. The zero-order valence-corrected chi connectivity index (χ0v) is 13.7. The lowest BCUT2D eigenvalue weighted by molar-refractivity contribution is 0.512. The van der Waals surface area contributed by atoms with Gasteiger partial charge in [-0.2, -0.15) is 5.10 Å². The normalized spacial score (nSPS) is 21.1. The van der Waals surface area contributed by atoms with Gasteiger partial charge in [-0.3, -0.25) is 4.68 Å². The van der Waals surface area contributed by atoms with Crippen molar-refractivity contribution in [2.45, 2.75) is 44.5 Å². The van der Waals surface area contributed by atoms with Crippen molar-refractivity contribution in [1.82, 2.24) is 9.78 Å². The summed E-state index contributed by atoms with van der Waals surface area (Å²) < 4.78 is 2.17. The molecule has 1 aromatic carbocycles. The van der Waals surface area contributed by atoms with E-state index in [-0.39, 0.29) is 0 Å². The van der Waals surface area contributed by atoms with E-state index in [0.717, 1.165) is 19.4 Å². The molecule has 0 bridgehead atoms. The quantitative estimate of drug-likeness (QED) is 0.762. The highest BCUT2D eigenvalue weighted by Crippen LogP contribution is 2.43. The molecular weight excluding hydrogens is 312 g/mol. The minimum atomic E-state index is 0.476. The number of fused-ring (bicyclic) bond motifs is 1. The predicted molar refractivity (Wildman–Crippen MR) is 86.3 cm³/mol. The summed E-state index contributed by atoms with van der Waals surface area (Å²) >= 11 is 3.90. The largest absolute Gasteiger partial charge is 0.270 e. The Kier molecular flexibility index (Phi) is 3.97. The van der Waals surface area contributed by atoms with E-state index in [2.05, 4.69) is 69.9 Å². The molecule has 0 amide bonds. The summed E-state index contributed by atoms with van der Waals surface area (Å²) in [6, 6.07) is 11.1. The Morgan fingerprint density at radius 2 is 2.10 bits per heavy atom. The van der Waals surface area contributed by atoms with Gasteiger partial charge in [-0.15, -0.1) is 0 Å². The van der Waals surface area contributed by atoms with Crippen LogP contribution in [-0.4, -0.2) is 9.78 Å². The number of hydrogen-bond donors (Lipinski definition) is 0. The molecule has 0 saturated carbocycles. The molecule has 106 valence electrons. The van der Waals surface area contributed by atoms with Crippen molar-refractivity contribution in [2.24, 2.45) is 5.92 Å². The van der Waals surface area contributed by atoms with Gasteiger partial charge in [0.25, 0.3) is 0 Å². The van der Waals surface area contributed by atoms with Crippen molar-refractivity contribution >= 4 is 15.9 Å². The van der Waals surface area contributed by atoms with E-state index in [1.807, 2.05) is 0 Å². The molecule has 3 heteroatoms. The van der Waals surface area contributed by atoms with Crippen LogP contribution >= 0.6 is 15.9 Å². The van der Waals surface area contributed by atoms with Crippen LogP contribution in [0.1, 0.15) is 41.2 Å². The lowest BCUT2D eigenvalue weighted by atomic mass is 9.99. The summed E-state index contributed by atoms with van der Waals surface area (Å²) in [4.78, 5) is 0.476. The summed E-state index contributed by atoms with van der Waals surface area (Å²) in [5.74, 6) is 0.638. The van der Waals surface area contributed by atoms with Gasteiger partial charge < -0.3 is 0 Å². The third kappa shape index (κ3) is 2.44. The monoisotopic (exact) mass is 332 g/mol. The van der Waals surface area contributed by atoms with Gasteiger partial charge >= 0.3 is 0 Å². The Hall–Kier alpha value is -1.09. The zero-order valence-electron chi connectivity index (χ0n) is 12.1. The molecule has 2 unspecified atom stereocenters. The molecule has 3 rings (SSSR count). The number of aryl methyl sites for hydroxylation is 2. The highest BCUT2D eigenvalue weighted by Gasteiger charge is 2.30. The summed E-state index contributed by atoms with van der Waals surface area (Å²) in [7, 11) is 0. The first-order valence-electron chi connectivity index (χ1n) is 7.50. The fourth-order valence-electron chi connectivity index (χ4n) is 3.20. The van der Waals surface area contributed by atoms with E-state index in [1.54, 1.807) is 0 Å². The van der Waals surface area contributed by atoms with Crippen molar-refractivity contribution < 1.29 is 0 Å². The lowest BCUT2D eigenvalue weighted by Gasteiger charge is -2.15. The highest BCUT2D eigenvalue weighted by atomic mass is 79.9. The molecule has 1 aliphatic carbocycles. The van der Waals surface area contributed by atoms with E-state index in [9.17, 15) is 0 Å². The van der Waals surface area contributed by atoms with E-state index >= 15 is 0 Å². The van der Waals surface area contributed by atoms with Crippen LogP contribution in [0.25, 0.3) is 0 Å². The number of alkyl halides is 1. The molecule has 0 N–H and O–H groups in total. The van der Waals surface area contributed by atoms with Gasteiger partial charge in [-0.05, 0) is 49.3 Å². The first kappa shape index (κ1) is 13.9. The maximum atomic E-state index is 4.66. The van der Waals surface area contributed by atoms with Gasteiger partial charge in [0.2, 0.25) is 0 Å². The fraction of sp³-hybridized carbons (Fsp3) is 0.471. The molecule has 0 radical (unpaired) electrons. The number of aromatic nitrogens is 2. The summed E-state index contributed by atoms with van der Waals surface area (Å²) in [5.41, 5.74) is 5.56. The predicted octanol–water partition coefficient (Wildman–Crippen LogP) is 4.32. The second-order valence-corrected chi connectivity index (χ2v) is 6.55. The Bertz CT molecular complexity index is 603. The third-order valence-electron chi connectivity index (χ3n) is 4.30. The standard InChI is InChI=1S/C17H21BrN2/c1-3-14-11-15(20(4-2)19-14)10-13-9-12-7-5-6-8-16(12)17(13)18/h5-8,11,13,17H,3-4,9-10H2,1-2H3. The molecule has 2 nitrogen and oxygen atoms in total. The minimum absolute atomic E-state index is 0.476. The van der Waals surface area contributed by atoms with Crippen LogP contribution in [0.5, 0.6) is 0 Å². The molecule has 0 saturated heterocycles. The number of halogens is 1. The van der Waals surface area contributed by atoms with Gasteiger partial charge in [0.05, 0.1) is 5.69 Å². The van der Waals surface area contributed by atoms with Crippen LogP contribution in [0.2, 0.25) is 0 Å². The number of hydrogen-bond acceptors (Lipinski definition) is 1. The second-order valence-electron chi connectivity index (χ2n) is 5.57. The number of nitrogens with zero attached hydrogens (tertiary/aromatic N) is 2. The van der Waals surface area contributed by atoms with Gasteiger partial charge in [-0.1, -0.05) is 47.1 Å². The van der Waals surface area contributed by atoms with Crippen LogP contribution in [0, 0.1) is 5.92 Å². The first-order chi connectivity index (χ1) is 9.72. The van der Waals surface area contributed by atoms with E-state index in [4.69, 9.17) is 0 Å². The maximum absolute atomic E-state index is 4.66. The fourth-order valence-corrected chi connectivity index (χ4v) is 4.02. The SMILES string of the molecule is CCc1cc(CC2Cc3ccccc3C2Br)n(CC)n1. The first-order valence-corrected chi connectivity index (χ1v) is 8.42. The van der Waals surface area contributed by atoms with E-state index < -0.39 is 0 Å². The van der Waals surface area contributed by atoms with Crippen molar-refractivity contribution in [3.8, 4) is 0 Å². The topological polar surface area (TPSA) is 17.8 Å². The van der Waals surface area contributed by atoms with E-state index in [0.29, 0.717) is 10.7 Å². The van der Waals surface area contributed by atoms with Crippen molar-refractivity contribution in [3.63, 3.8) is 0 Å². The maximum Gasteiger partial charge on any atom is 0.0624 e. The van der Waals surface area contributed by atoms with Gasteiger partial charge in [-0.25, -0.2) is 0 Å². The van der Waals surface area contributed by atoms with Gasteiger partial charge in [0.1, 0.15) is 0 Å². The molecule has 2 atom stereocenters. The van der Waals surface area contributed by atoms with Crippen molar-refractivity contribution in [3.05, 3.63) is 52.8 Å². The third-order valence-corrected chi connectivity index (χ3v) is 5.54. The van der Waals surface area contributed by atoms with Gasteiger partial charge in [0, 0.05) is 17.1 Å². The summed E-state index contributed by atoms with van der Waals surface area (Å²) in [6.45, 7) is 5.30. The molecule has 2 aromatic rings. The Morgan fingerprint density at radius 3 is 2.80 bits per heavy atom. The number of rotatable bonds is 4. The molecule has 1 heterocycles. The van der Waals surface area contributed by atoms with Crippen LogP contribution in [-0.2, 0) is 25.8 Å². The van der Waals surface area contributed by atoms with E-state index in [1.165, 1.54) is 28.9 Å². The molecule has 1 aromatic heterocycles. The summed E-state index contributed by atoms with van der Waals surface area (Å²) in [5, 5.41) is 4.66. The smallest absolute Gasteiger partial charge is 0.0624 e. The molecule has 1 aliphatic rings. The molecule has 0 spiro atoms. The second kappa shape index (κ2) is 5.72. The number of benzene rings is 1. The molecule has 0 fully saturated rings. The molecule has 20 heavy (non-hydrogen) atoms. The zero-order chi connectivity index (χ0) is 14.1. The summed E-state index contributed by atoms with van der Waals surface area (Å²) in [6.07, 6.45) is 3.29. The Labute approximate surface area is 129 Å². The average molecular weight is 333 g/mol. The van der Waals surface area contributed by atoms with Crippen molar-refractivity contribution in [2.75, 3.05) is 0 Å². The van der Waals surface area contributed by atoms with Crippen LogP contribution in [0.3, 0.4) is 0 Å². The Balaban J connectivity index is 1.81.